The lowest BCUT2D eigenvalue weighted by atomic mass is 9.99. The molecule has 0 heterocycles. The molecule has 0 aliphatic carbocycles. The zero-order valence-corrected chi connectivity index (χ0v) is 64.1. The summed E-state index contributed by atoms with van der Waals surface area (Å²) in [5.41, 5.74) is 0. The minimum atomic E-state index is -4.96. The maximum Gasteiger partial charge on any atom is 0.472 e. The number of rotatable bonds is 73. The van der Waals surface area contributed by atoms with E-state index in [1.54, 1.807) is 0 Å². The number of aliphatic hydroxyl groups is 1. The van der Waals surface area contributed by atoms with Gasteiger partial charge in [0, 0.05) is 25.7 Å². The van der Waals surface area contributed by atoms with Crippen molar-refractivity contribution >= 4 is 39.5 Å². The lowest BCUT2D eigenvalue weighted by molar-refractivity contribution is -0.161. The van der Waals surface area contributed by atoms with Gasteiger partial charge in [-0.2, -0.15) is 0 Å². The Kier molecular flexibility index (Phi) is 64.0. The third kappa shape index (κ3) is 69.0. The highest BCUT2D eigenvalue weighted by molar-refractivity contribution is 7.47. The topological polar surface area (TPSA) is 237 Å². The van der Waals surface area contributed by atoms with E-state index < -0.39 is 97.5 Å². The number of phosphoric ester groups is 2. The van der Waals surface area contributed by atoms with Crippen LogP contribution in [0.25, 0.3) is 0 Å². The van der Waals surface area contributed by atoms with Crippen LogP contribution >= 0.6 is 15.6 Å². The summed E-state index contributed by atoms with van der Waals surface area (Å²) < 4.78 is 68.5. The molecule has 4 unspecified atom stereocenters. The van der Waals surface area contributed by atoms with E-state index in [1.807, 2.05) is 0 Å². The summed E-state index contributed by atoms with van der Waals surface area (Å²) in [6.07, 6.45) is 50.0. The second-order valence-corrected chi connectivity index (χ2v) is 32.0. The molecule has 3 N–H and O–H groups in total. The van der Waals surface area contributed by atoms with Crippen LogP contribution in [0.5, 0.6) is 0 Å². The van der Waals surface area contributed by atoms with Crippen molar-refractivity contribution in [2.75, 3.05) is 39.6 Å². The van der Waals surface area contributed by atoms with E-state index in [0.29, 0.717) is 31.6 Å². The van der Waals surface area contributed by atoms with Gasteiger partial charge < -0.3 is 33.8 Å². The van der Waals surface area contributed by atoms with Crippen LogP contribution in [0.15, 0.2) is 0 Å². The van der Waals surface area contributed by atoms with E-state index in [1.165, 1.54) is 180 Å². The Bertz CT molecular complexity index is 1870. The van der Waals surface area contributed by atoms with Gasteiger partial charge in [-0.05, 0) is 49.4 Å². The van der Waals surface area contributed by atoms with Crippen molar-refractivity contribution in [2.45, 2.75) is 401 Å². The lowest BCUT2D eigenvalue weighted by Crippen LogP contribution is -2.30. The monoisotopic (exact) mass is 1400 g/mol. The van der Waals surface area contributed by atoms with Crippen molar-refractivity contribution in [3.63, 3.8) is 0 Å². The van der Waals surface area contributed by atoms with Crippen LogP contribution in [0.2, 0.25) is 0 Å². The van der Waals surface area contributed by atoms with E-state index >= 15 is 0 Å². The van der Waals surface area contributed by atoms with E-state index in [4.69, 9.17) is 37.0 Å². The van der Waals surface area contributed by atoms with Gasteiger partial charge in [0.05, 0.1) is 26.4 Å². The normalized spacial score (nSPS) is 14.4. The number of phosphoric acid groups is 2. The van der Waals surface area contributed by atoms with Gasteiger partial charge in [-0.1, -0.05) is 331 Å². The minimum absolute atomic E-state index is 0.104. The Morgan fingerprint density at radius 1 is 0.295 bits per heavy atom. The molecule has 19 heteroatoms. The highest BCUT2D eigenvalue weighted by atomic mass is 31.2. The number of aliphatic hydroxyl groups excluding tert-OH is 1. The molecule has 0 aromatic heterocycles. The Hall–Kier alpha value is -1.94. The molecule has 0 bridgehead atoms. The Morgan fingerprint density at radius 3 is 0.747 bits per heavy atom. The average molecular weight is 1400 g/mol. The molecule has 17 nitrogen and oxygen atoms in total. The van der Waals surface area contributed by atoms with Crippen molar-refractivity contribution in [3.05, 3.63) is 0 Å². The van der Waals surface area contributed by atoms with E-state index in [2.05, 4.69) is 55.4 Å². The minimum Gasteiger partial charge on any atom is -0.462 e. The van der Waals surface area contributed by atoms with Crippen LogP contribution in [0, 0.1) is 23.7 Å². The van der Waals surface area contributed by atoms with Crippen molar-refractivity contribution in [3.8, 4) is 0 Å². The van der Waals surface area contributed by atoms with Crippen molar-refractivity contribution < 1.29 is 80.2 Å². The zero-order valence-electron chi connectivity index (χ0n) is 62.3. The number of ether oxygens (including phenoxy) is 4. The fraction of sp³-hybridized carbons (Fsp3) is 0.947. The molecule has 0 spiro atoms. The molecule has 0 saturated heterocycles. The summed E-state index contributed by atoms with van der Waals surface area (Å²) in [6, 6.07) is 0. The maximum absolute atomic E-state index is 13.1. The first-order chi connectivity index (χ1) is 45.6. The molecule has 0 aliphatic heterocycles. The number of esters is 4. The molecule has 564 valence electrons. The zero-order chi connectivity index (χ0) is 70.3. The molecule has 0 aromatic carbocycles. The number of unbranched alkanes of at least 4 members (excludes halogenated alkanes) is 38. The molecule has 0 radical (unpaired) electrons. The van der Waals surface area contributed by atoms with Gasteiger partial charge >= 0.3 is 39.5 Å². The first-order valence-corrected chi connectivity index (χ1v) is 42.2. The maximum atomic E-state index is 13.1. The molecule has 0 rings (SSSR count). The van der Waals surface area contributed by atoms with Gasteiger partial charge in [-0.3, -0.25) is 37.3 Å². The molecule has 0 fully saturated rings. The Balaban J connectivity index is 5.25. The lowest BCUT2D eigenvalue weighted by Gasteiger charge is -2.21. The fourth-order valence-corrected chi connectivity index (χ4v) is 13.1. The summed E-state index contributed by atoms with van der Waals surface area (Å²) in [4.78, 5) is 72.8. The van der Waals surface area contributed by atoms with Gasteiger partial charge in [0.25, 0.3) is 0 Å². The molecule has 0 amide bonds. The summed E-state index contributed by atoms with van der Waals surface area (Å²) in [6.45, 7) is 14.2. The van der Waals surface area contributed by atoms with Gasteiger partial charge in [-0.25, -0.2) is 9.13 Å². The molecule has 0 aliphatic rings. The largest absolute Gasteiger partial charge is 0.472 e. The van der Waals surface area contributed by atoms with Crippen LogP contribution in [0.1, 0.15) is 383 Å². The standard InChI is InChI=1S/C76H148O17P2/c1-9-69(8)55-47-39-31-25-26-34-43-51-59-76(81)93-72(63-87-74(79)57-49-41-35-27-30-38-46-54-68(6)7)65-91-95(84,85)89-61-70(77)60-88-94(82,83)90-64-71(62-86-73(78)56-48-40-32-23-19-16-15-18-22-29-37-45-53-67(4)5)92-75(80)58-50-42-33-24-20-14-12-10-11-13-17-21-28-36-44-52-66(2)3/h66-72,77H,9-65H2,1-8H3,(H,82,83)(H,84,85)/t69?,70?,71-,72-/m1/s1. The number of hydrogen-bond acceptors (Lipinski definition) is 15. The molecule has 0 aromatic rings. The summed E-state index contributed by atoms with van der Waals surface area (Å²) in [7, 11) is -9.91. The van der Waals surface area contributed by atoms with Gasteiger partial charge in [0.1, 0.15) is 19.3 Å². The summed E-state index contributed by atoms with van der Waals surface area (Å²) in [5, 5.41) is 10.6. The summed E-state index contributed by atoms with van der Waals surface area (Å²) in [5.74, 6) is 0.937. The first kappa shape index (κ1) is 93.1. The SMILES string of the molecule is CCC(C)CCCCCCCCCCC(=O)O[C@H](COC(=O)CCCCCCCCCC(C)C)COP(=O)(O)OCC(O)COP(=O)(O)OC[C@@H](COC(=O)CCCCCCCCCCCCCCC(C)C)OC(=O)CCCCCCCCCCCCCCCCCC(C)C. The summed E-state index contributed by atoms with van der Waals surface area (Å²) >= 11 is 0. The number of carbonyl (C=O) groups is 4. The highest BCUT2D eigenvalue weighted by Gasteiger charge is 2.30. The quantitative estimate of drug-likeness (QED) is 0.0222. The first-order valence-electron chi connectivity index (χ1n) is 39.2. The molecular weight excluding hydrogens is 1250 g/mol. The van der Waals surface area contributed by atoms with E-state index in [9.17, 15) is 43.2 Å². The van der Waals surface area contributed by atoms with Gasteiger partial charge in [-0.15, -0.1) is 0 Å². The van der Waals surface area contributed by atoms with Gasteiger partial charge in [0.2, 0.25) is 0 Å². The molecule has 6 atom stereocenters. The van der Waals surface area contributed by atoms with Crippen molar-refractivity contribution in [1.82, 2.24) is 0 Å². The van der Waals surface area contributed by atoms with Crippen LogP contribution < -0.4 is 0 Å². The number of hydrogen-bond donors (Lipinski definition) is 3. The predicted molar refractivity (Wildman–Crippen MR) is 386 cm³/mol. The third-order valence-corrected chi connectivity index (χ3v) is 19.8. The van der Waals surface area contributed by atoms with Crippen molar-refractivity contribution in [2.24, 2.45) is 23.7 Å². The van der Waals surface area contributed by atoms with Crippen LogP contribution in [0.3, 0.4) is 0 Å². The average Bonchev–Trinajstić information content (AvgIpc) is 1.43. The molecular formula is C76H148O17P2. The molecule has 95 heavy (non-hydrogen) atoms. The number of carbonyl (C=O) groups excluding carboxylic acids is 4. The highest BCUT2D eigenvalue weighted by Crippen LogP contribution is 2.45. The van der Waals surface area contributed by atoms with Crippen LogP contribution in [0.4, 0.5) is 0 Å². The smallest absolute Gasteiger partial charge is 0.462 e. The van der Waals surface area contributed by atoms with E-state index in [0.717, 1.165) is 114 Å². The predicted octanol–water partition coefficient (Wildman–Crippen LogP) is 22.0. The second kappa shape index (κ2) is 65.4. The molecule has 0 saturated carbocycles. The van der Waals surface area contributed by atoms with Crippen LogP contribution in [-0.2, 0) is 65.4 Å². The Labute approximate surface area is 581 Å². The fourth-order valence-electron chi connectivity index (χ4n) is 11.5. The van der Waals surface area contributed by atoms with E-state index in [-0.39, 0.29) is 25.7 Å². The second-order valence-electron chi connectivity index (χ2n) is 29.1. The van der Waals surface area contributed by atoms with Gasteiger partial charge in [0.15, 0.2) is 12.2 Å². The van der Waals surface area contributed by atoms with Crippen LogP contribution in [-0.4, -0.2) is 96.7 Å². The Morgan fingerprint density at radius 2 is 0.505 bits per heavy atom. The third-order valence-electron chi connectivity index (χ3n) is 17.9. The van der Waals surface area contributed by atoms with Crippen molar-refractivity contribution in [1.29, 1.82) is 0 Å².